The van der Waals surface area contributed by atoms with Crippen LogP contribution >= 0.6 is 0 Å². The molecule has 0 unspecified atom stereocenters. The number of nitrogens with one attached hydrogen (secondary N) is 5. The molecule has 0 spiro atoms. The summed E-state index contributed by atoms with van der Waals surface area (Å²) in [6.45, 7) is 11.2. The van der Waals surface area contributed by atoms with E-state index in [1.807, 2.05) is 65.0 Å². The molecule has 2 aliphatic heterocycles. The van der Waals surface area contributed by atoms with Crippen LogP contribution in [0.15, 0.2) is 143 Å². The van der Waals surface area contributed by atoms with Crippen LogP contribution in [-0.4, -0.2) is 225 Å². The molecule has 2 aliphatic rings. The minimum atomic E-state index is -4.51. The fraction of sp³-hybridized carbons (Fsp3) is 0.479. The first-order valence-electron chi connectivity index (χ1n) is 34.6. The van der Waals surface area contributed by atoms with Crippen LogP contribution in [0.4, 0.5) is 11.4 Å². The predicted octanol–water partition coefficient (Wildman–Crippen LogP) is 4.82. The molecular formula is C73H101N11O17S2. The van der Waals surface area contributed by atoms with Gasteiger partial charge >= 0.3 is 17.9 Å². The number of carbonyl (C=O) groups is 8. The van der Waals surface area contributed by atoms with Crippen LogP contribution in [0.3, 0.4) is 0 Å². The van der Waals surface area contributed by atoms with Crippen molar-refractivity contribution in [1.29, 1.82) is 0 Å². The molecule has 0 saturated carbocycles. The van der Waals surface area contributed by atoms with Crippen molar-refractivity contribution < 1.29 is 79.6 Å². The molecule has 0 aromatic heterocycles. The highest BCUT2D eigenvalue weighted by Crippen LogP contribution is 2.48. The van der Waals surface area contributed by atoms with Gasteiger partial charge in [-0.05, 0) is 116 Å². The SMILES string of the molecule is CCNc1ccc(S(=O)(=O)O)cc1C(C)(C)C/C=C/C=C/C=C1\N(CCCCCC(=O)NCCCC[C@H](NC(=O)[C@H](Cc2ccccc2)NC(=O)[C@H](Cc2ccccc2)NC(=O)CN2CCN(CC(=O)O)CCN(CC(=O)O)CCN(CC(=O)O)CC2)C(N)=O)c2ccc(S(=O)(=O)O)cc2C1(C)C. The van der Waals surface area contributed by atoms with Crippen LogP contribution in [-0.2, 0) is 82.3 Å². The van der Waals surface area contributed by atoms with Crippen molar-refractivity contribution in [3.05, 3.63) is 155 Å². The van der Waals surface area contributed by atoms with Gasteiger partial charge in [-0.15, -0.1) is 0 Å². The highest BCUT2D eigenvalue weighted by Gasteiger charge is 2.41. The van der Waals surface area contributed by atoms with Gasteiger partial charge in [0.1, 0.15) is 18.1 Å². The standard InChI is InChI=1S/C73H101N11O17S2/c1-6-75-58-31-29-54(102(96,97)98)46-56(58)72(2,3)33-19-8-7-16-27-63-73(4,5)57-47-55(103(99,100)101)30-32-62(57)84(63)35-21-11-17-28-64(85)76-34-20-18-26-59(69(74)93)78-71(95)61(45-53-24-14-10-15-25-53)79-70(94)60(44-52-22-12-9-13-23-52)77-65(86)48-80-36-38-81(49-66(87)88)40-42-83(51-68(91)92)43-41-82(39-37-80)50-67(89)90/h7-10,12-16,19,22-25,27,29-32,46-47,59-61,75H,6,11,17-18,20-21,26,28,33-45,48-51H2,1-5H3,(H2,74,93)(H,76,85)(H,77,86)(H,78,95)(H,79,94)(H,87,88)(H,89,90)(H,91,92)(H,96,97,98)(H,99,100,101)/b16-7+,19-8+,63-27-/t59-,60-,61-/m0/s1. The van der Waals surface area contributed by atoms with Crippen molar-refractivity contribution in [3.8, 4) is 0 Å². The van der Waals surface area contributed by atoms with Crippen LogP contribution in [0.5, 0.6) is 0 Å². The summed E-state index contributed by atoms with van der Waals surface area (Å²) in [6, 6.07) is 23.0. The van der Waals surface area contributed by atoms with Gasteiger partial charge in [0.05, 0.1) is 36.0 Å². The van der Waals surface area contributed by atoms with E-state index in [0.717, 1.165) is 22.6 Å². The molecule has 0 aliphatic carbocycles. The van der Waals surface area contributed by atoms with E-state index in [0.29, 0.717) is 68.3 Å². The predicted molar refractivity (Wildman–Crippen MR) is 390 cm³/mol. The van der Waals surface area contributed by atoms with Crippen LogP contribution in [0.25, 0.3) is 0 Å². The normalized spacial score (nSPS) is 16.6. The minimum absolute atomic E-state index is 0.00568. The molecule has 12 N–H and O–H groups in total. The molecule has 1 fully saturated rings. The van der Waals surface area contributed by atoms with E-state index in [2.05, 4.69) is 31.5 Å². The number of unbranched alkanes of at least 4 members (excludes halogenated alkanes) is 3. The first kappa shape index (κ1) is 83.1. The Hall–Kier alpha value is -8.88. The Morgan fingerprint density at radius 3 is 1.58 bits per heavy atom. The molecule has 3 atom stereocenters. The second-order valence-corrected chi connectivity index (χ2v) is 29.9. The van der Waals surface area contributed by atoms with Gasteiger partial charge in [0.15, 0.2) is 0 Å². The topological polar surface area (TPSA) is 408 Å². The van der Waals surface area contributed by atoms with Gasteiger partial charge in [-0.3, -0.25) is 67.1 Å². The lowest BCUT2D eigenvalue weighted by atomic mass is 9.80. The van der Waals surface area contributed by atoms with Crippen LogP contribution in [0, 0.1) is 0 Å². The molecule has 562 valence electrons. The van der Waals surface area contributed by atoms with Gasteiger partial charge in [0.25, 0.3) is 20.2 Å². The summed E-state index contributed by atoms with van der Waals surface area (Å²) in [4.78, 5) is 113. The molecule has 103 heavy (non-hydrogen) atoms. The van der Waals surface area contributed by atoms with Gasteiger partial charge in [0, 0.05) is 114 Å². The number of hydrogen-bond acceptors (Lipinski definition) is 18. The third-order valence-corrected chi connectivity index (χ3v) is 19.9. The van der Waals surface area contributed by atoms with E-state index in [1.165, 1.54) is 24.3 Å². The molecule has 4 aromatic carbocycles. The quantitative estimate of drug-likeness (QED) is 0.0163. The zero-order chi connectivity index (χ0) is 75.5. The number of nitrogens with two attached hydrogens (primary N) is 1. The lowest BCUT2D eigenvalue weighted by Crippen LogP contribution is -2.58. The van der Waals surface area contributed by atoms with Crippen molar-refractivity contribution in [3.63, 3.8) is 0 Å². The van der Waals surface area contributed by atoms with Crippen molar-refractivity contribution in [2.45, 2.75) is 138 Å². The first-order valence-corrected chi connectivity index (χ1v) is 37.5. The summed E-state index contributed by atoms with van der Waals surface area (Å²) in [5.41, 5.74) is 9.81. The average Bonchev–Trinajstić information content (AvgIpc) is 1.59. The zero-order valence-electron chi connectivity index (χ0n) is 59.3. The van der Waals surface area contributed by atoms with Crippen molar-refractivity contribution in [2.24, 2.45) is 5.73 Å². The highest BCUT2D eigenvalue weighted by atomic mass is 32.2. The van der Waals surface area contributed by atoms with Crippen molar-refractivity contribution >= 4 is 79.1 Å². The Balaban J connectivity index is 1.04. The Kier molecular flexibility index (Phi) is 32.0. The summed E-state index contributed by atoms with van der Waals surface area (Å²) in [5, 5.41) is 43.6. The minimum Gasteiger partial charge on any atom is -0.480 e. The Morgan fingerprint density at radius 2 is 1.08 bits per heavy atom. The molecule has 0 bridgehead atoms. The van der Waals surface area contributed by atoms with Crippen LogP contribution in [0.2, 0.25) is 0 Å². The maximum Gasteiger partial charge on any atom is 0.317 e. The third-order valence-electron chi connectivity index (χ3n) is 18.2. The number of rotatable bonds is 38. The zero-order valence-corrected chi connectivity index (χ0v) is 60.9. The molecule has 6 rings (SSSR count). The van der Waals surface area contributed by atoms with E-state index in [4.69, 9.17) is 5.73 Å². The molecule has 28 nitrogen and oxygen atoms in total. The van der Waals surface area contributed by atoms with Gasteiger partial charge in [0.2, 0.25) is 29.5 Å². The number of carbonyl (C=O) groups excluding carboxylic acids is 5. The van der Waals surface area contributed by atoms with E-state index in [9.17, 15) is 79.6 Å². The second-order valence-electron chi connectivity index (χ2n) is 27.1. The molecule has 5 amide bonds. The number of nitrogens with zero attached hydrogens (tertiary/aromatic N) is 5. The molecule has 2 heterocycles. The Labute approximate surface area is 603 Å². The highest BCUT2D eigenvalue weighted by molar-refractivity contribution is 7.86. The number of primary amides is 1. The average molecular weight is 1470 g/mol. The number of benzene rings is 4. The summed E-state index contributed by atoms with van der Waals surface area (Å²) in [6.07, 6.45) is 13.0. The number of amides is 5. The smallest absolute Gasteiger partial charge is 0.317 e. The number of carboxylic acid groups (broad SMARTS) is 3. The van der Waals surface area contributed by atoms with E-state index in [-0.39, 0.29) is 126 Å². The maximum atomic E-state index is 14.6. The molecule has 4 aromatic rings. The van der Waals surface area contributed by atoms with Gasteiger partial charge in [-0.25, -0.2) is 0 Å². The lowest BCUT2D eigenvalue weighted by molar-refractivity contribution is -0.140. The third kappa shape index (κ3) is 27.4. The maximum absolute atomic E-state index is 14.6. The number of aliphatic carboxylic acids is 3. The van der Waals surface area contributed by atoms with Gasteiger partial charge in [-0.2, -0.15) is 16.8 Å². The Morgan fingerprint density at radius 1 is 0.583 bits per heavy atom. The summed E-state index contributed by atoms with van der Waals surface area (Å²) in [7, 11) is -8.93. The number of fused-ring (bicyclic) bond motifs is 1. The lowest BCUT2D eigenvalue weighted by Gasteiger charge is -2.33. The molecule has 0 radical (unpaired) electrons. The number of carboxylic acids is 3. The van der Waals surface area contributed by atoms with E-state index >= 15 is 0 Å². The van der Waals surface area contributed by atoms with E-state index in [1.54, 1.807) is 92.4 Å². The monoisotopic (exact) mass is 1470 g/mol. The number of anilines is 2. The fourth-order valence-corrected chi connectivity index (χ4v) is 13.6. The van der Waals surface area contributed by atoms with Crippen molar-refractivity contribution in [1.82, 2.24) is 40.9 Å². The molecular weight excluding hydrogens is 1370 g/mol. The van der Waals surface area contributed by atoms with Gasteiger partial charge < -0.3 is 52.5 Å². The van der Waals surface area contributed by atoms with Crippen molar-refractivity contribution in [2.75, 3.05) is 108 Å². The van der Waals surface area contributed by atoms with Crippen LogP contribution in [0.1, 0.15) is 108 Å². The van der Waals surface area contributed by atoms with E-state index < -0.39 is 90.7 Å². The summed E-state index contributed by atoms with van der Waals surface area (Å²) in [5.74, 6) is -6.36. The first-order chi connectivity index (χ1) is 48.7. The molecule has 30 heteroatoms. The number of allylic oxidation sites excluding steroid dienone is 6. The van der Waals surface area contributed by atoms with Crippen LogP contribution < -0.4 is 37.2 Å². The molecule has 1 saturated heterocycles. The fourth-order valence-electron chi connectivity index (χ4n) is 12.6. The van der Waals surface area contributed by atoms with Gasteiger partial charge in [-0.1, -0.05) is 119 Å². The second kappa shape index (κ2) is 39.7. The Bertz CT molecular complexity index is 3860. The summed E-state index contributed by atoms with van der Waals surface area (Å²) < 4.78 is 68.4. The summed E-state index contributed by atoms with van der Waals surface area (Å²) >= 11 is 0. The largest absolute Gasteiger partial charge is 0.480 e. The number of hydrogen-bond donors (Lipinski definition) is 11.